The molecule has 126 valence electrons. The van der Waals surface area contributed by atoms with Crippen molar-refractivity contribution in [3.63, 3.8) is 0 Å². The van der Waals surface area contributed by atoms with Gasteiger partial charge in [0.05, 0.1) is 29.6 Å². The first-order chi connectivity index (χ1) is 12.0. The summed E-state index contributed by atoms with van der Waals surface area (Å²) in [6, 6.07) is 5.94. The van der Waals surface area contributed by atoms with E-state index in [1.807, 2.05) is 31.4 Å². The number of allylic oxidation sites excluding steroid dienone is 1. The first kappa shape index (κ1) is 16.7. The molecule has 25 heavy (non-hydrogen) atoms. The summed E-state index contributed by atoms with van der Waals surface area (Å²) in [5, 5.41) is 11.9. The number of ether oxygens (including phenoxy) is 1. The average molecular weight is 352 g/mol. The van der Waals surface area contributed by atoms with Crippen molar-refractivity contribution < 1.29 is 9.53 Å². The molecule has 3 aromatic rings. The molecule has 0 bridgehead atoms. The van der Waals surface area contributed by atoms with E-state index in [2.05, 4.69) is 21.0 Å². The van der Waals surface area contributed by atoms with Crippen LogP contribution < -0.4 is 0 Å². The summed E-state index contributed by atoms with van der Waals surface area (Å²) in [7, 11) is 1.36. The molecule has 2 N–H and O–H groups in total. The maximum absolute atomic E-state index is 11.9. The average Bonchev–Trinajstić information content (AvgIpc) is 3.33. The Hall–Kier alpha value is -3.11. The lowest BCUT2D eigenvalue weighted by molar-refractivity contribution is 0.0599. The summed E-state index contributed by atoms with van der Waals surface area (Å²) in [6.07, 6.45) is 3.56. The number of nitriles is 1. The second-order valence-corrected chi connectivity index (χ2v) is 6.31. The van der Waals surface area contributed by atoms with E-state index < -0.39 is 0 Å². The van der Waals surface area contributed by atoms with Gasteiger partial charge in [-0.05, 0) is 37.6 Å². The van der Waals surface area contributed by atoms with Gasteiger partial charge in [0.15, 0.2) is 0 Å². The van der Waals surface area contributed by atoms with Crippen LogP contribution in [-0.2, 0) is 4.74 Å². The molecule has 3 aromatic heterocycles. The van der Waals surface area contributed by atoms with Gasteiger partial charge in [0, 0.05) is 23.0 Å². The molecule has 0 unspecified atom stereocenters. The highest BCUT2D eigenvalue weighted by molar-refractivity contribution is 7.11. The van der Waals surface area contributed by atoms with Crippen molar-refractivity contribution in [2.24, 2.45) is 0 Å². The lowest BCUT2D eigenvalue weighted by Crippen LogP contribution is -2.03. The minimum Gasteiger partial charge on any atom is -0.465 e. The number of hydrogen-bond acceptors (Lipinski definition) is 5. The lowest BCUT2D eigenvalue weighted by Gasteiger charge is -1.99. The summed E-state index contributed by atoms with van der Waals surface area (Å²) >= 11 is 1.38. The fourth-order valence-corrected chi connectivity index (χ4v) is 3.43. The number of nitrogens with zero attached hydrogens (tertiary/aromatic N) is 2. The van der Waals surface area contributed by atoms with E-state index in [0.29, 0.717) is 21.8 Å². The molecule has 0 atom stereocenters. The SMILES string of the molecule is COC(=O)c1c(C)[nH]c(-c2csc(C(C#N)=Cc3ccc[nH]3)n2)c1C. The molecule has 0 spiro atoms. The molecule has 0 aliphatic carbocycles. The lowest BCUT2D eigenvalue weighted by atomic mass is 10.1. The second kappa shape index (κ2) is 6.79. The summed E-state index contributed by atoms with van der Waals surface area (Å²) in [5.41, 5.74) is 4.82. The fourth-order valence-electron chi connectivity index (χ4n) is 2.66. The zero-order valence-corrected chi connectivity index (χ0v) is 14.8. The third-order valence-corrected chi connectivity index (χ3v) is 4.74. The Balaban J connectivity index is 2.00. The van der Waals surface area contributed by atoms with Crippen LogP contribution in [0.25, 0.3) is 23.0 Å². The van der Waals surface area contributed by atoms with Gasteiger partial charge in [0.1, 0.15) is 11.1 Å². The van der Waals surface area contributed by atoms with Crippen molar-refractivity contribution in [2.45, 2.75) is 13.8 Å². The molecular weight excluding hydrogens is 336 g/mol. The van der Waals surface area contributed by atoms with Crippen molar-refractivity contribution >= 4 is 29.0 Å². The number of esters is 1. The number of hydrogen-bond donors (Lipinski definition) is 2. The number of methoxy groups -OCH3 is 1. The molecule has 0 aliphatic heterocycles. The van der Waals surface area contributed by atoms with E-state index in [1.54, 1.807) is 12.3 Å². The number of aryl methyl sites for hydroxylation is 1. The Bertz CT molecular complexity index is 987. The maximum atomic E-state index is 11.9. The molecule has 0 aliphatic rings. The van der Waals surface area contributed by atoms with Crippen LogP contribution in [0, 0.1) is 25.2 Å². The number of nitrogens with one attached hydrogen (secondary N) is 2. The molecule has 0 amide bonds. The van der Waals surface area contributed by atoms with Gasteiger partial charge in [-0.2, -0.15) is 5.26 Å². The minimum atomic E-state index is -0.377. The van der Waals surface area contributed by atoms with Gasteiger partial charge in [-0.1, -0.05) is 0 Å². The van der Waals surface area contributed by atoms with E-state index in [0.717, 1.165) is 22.6 Å². The van der Waals surface area contributed by atoms with Crippen LogP contribution in [0.3, 0.4) is 0 Å². The number of aromatic nitrogens is 3. The highest BCUT2D eigenvalue weighted by Crippen LogP contribution is 2.31. The molecule has 0 fully saturated rings. The Morgan fingerprint density at radius 3 is 2.88 bits per heavy atom. The molecule has 7 heteroatoms. The molecule has 0 saturated heterocycles. The number of carbonyl (C=O) groups excluding carboxylic acids is 1. The first-order valence-corrected chi connectivity index (χ1v) is 8.42. The Labute approximate surface area is 148 Å². The number of carbonyl (C=O) groups is 1. The van der Waals surface area contributed by atoms with E-state index >= 15 is 0 Å². The topological polar surface area (TPSA) is 94.6 Å². The summed E-state index contributed by atoms with van der Waals surface area (Å²) in [6.45, 7) is 3.67. The maximum Gasteiger partial charge on any atom is 0.339 e. The van der Waals surface area contributed by atoms with Crippen molar-refractivity contribution in [3.05, 3.63) is 51.2 Å². The van der Waals surface area contributed by atoms with Crippen molar-refractivity contribution in [3.8, 4) is 17.5 Å². The third kappa shape index (κ3) is 3.12. The largest absolute Gasteiger partial charge is 0.465 e. The van der Waals surface area contributed by atoms with Gasteiger partial charge < -0.3 is 14.7 Å². The summed E-state index contributed by atoms with van der Waals surface area (Å²) in [5.74, 6) is -0.377. The molecule has 0 saturated carbocycles. The standard InChI is InChI=1S/C18H16N4O2S/c1-10-15(18(23)24-3)11(2)21-16(10)14-9-25-17(22-14)12(8-19)7-13-5-4-6-20-13/h4-7,9,20-21H,1-3H3. The fraction of sp³-hybridized carbons (Fsp3) is 0.167. The van der Waals surface area contributed by atoms with Crippen LogP contribution in [0.2, 0.25) is 0 Å². The van der Waals surface area contributed by atoms with Gasteiger partial charge in [0.2, 0.25) is 0 Å². The summed E-state index contributed by atoms with van der Waals surface area (Å²) < 4.78 is 4.83. The van der Waals surface area contributed by atoms with Crippen molar-refractivity contribution in [1.82, 2.24) is 15.0 Å². The number of aromatic amines is 2. The van der Waals surface area contributed by atoms with Gasteiger partial charge in [-0.25, -0.2) is 9.78 Å². The van der Waals surface area contributed by atoms with Gasteiger partial charge in [0.25, 0.3) is 0 Å². The van der Waals surface area contributed by atoms with Crippen molar-refractivity contribution in [2.75, 3.05) is 7.11 Å². The minimum absolute atomic E-state index is 0.377. The van der Waals surface area contributed by atoms with Crippen molar-refractivity contribution in [1.29, 1.82) is 5.26 Å². The second-order valence-electron chi connectivity index (χ2n) is 5.45. The van der Waals surface area contributed by atoms with Crippen LogP contribution in [0.1, 0.15) is 32.3 Å². The van der Waals surface area contributed by atoms with Crippen LogP contribution in [0.5, 0.6) is 0 Å². The highest BCUT2D eigenvalue weighted by Gasteiger charge is 2.21. The van der Waals surface area contributed by atoms with Crippen LogP contribution >= 0.6 is 11.3 Å². The van der Waals surface area contributed by atoms with E-state index in [1.165, 1.54) is 18.4 Å². The van der Waals surface area contributed by atoms with E-state index in [4.69, 9.17) is 4.74 Å². The Morgan fingerprint density at radius 1 is 1.44 bits per heavy atom. The monoisotopic (exact) mass is 352 g/mol. The van der Waals surface area contributed by atoms with Gasteiger partial charge in [-0.15, -0.1) is 11.3 Å². The Morgan fingerprint density at radius 2 is 2.24 bits per heavy atom. The molecular formula is C18H16N4O2S. The molecule has 0 aromatic carbocycles. The predicted octanol–water partition coefficient (Wildman–Crippen LogP) is 3.93. The number of H-pyrrole nitrogens is 2. The summed E-state index contributed by atoms with van der Waals surface area (Å²) in [4.78, 5) is 22.7. The quantitative estimate of drug-likeness (QED) is 0.549. The zero-order valence-electron chi connectivity index (χ0n) is 14.0. The van der Waals surface area contributed by atoms with E-state index in [9.17, 15) is 10.1 Å². The third-order valence-electron chi connectivity index (χ3n) is 3.86. The van der Waals surface area contributed by atoms with Crippen LogP contribution in [0.15, 0.2) is 23.7 Å². The number of rotatable bonds is 4. The van der Waals surface area contributed by atoms with Gasteiger partial charge in [-0.3, -0.25) is 0 Å². The molecule has 6 nitrogen and oxygen atoms in total. The first-order valence-electron chi connectivity index (χ1n) is 7.54. The smallest absolute Gasteiger partial charge is 0.339 e. The highest BCUT2D eigenvalue weighted by atomic mass is 32.1. The molecule has 3 rings (SSSR count). The Kier molecular flexibility index (Phi) is 4.55. The van der Waals surface area contributed by atoms with Crippen LogP contribution in [-0.4, -0.2) is 28.0 Å². The van der Waals surface area contributed by atoms with Gasteiger partial charge >= 0.3 is 5.97 Å². The van der Waals surface area contributed by atoms with E-state index in [-0.39, 0.29) is 5.97 Å². The predicted molar refractivity (Wildman–Crippen MR) is 97.0 cm³/mol. The molecule has 3 heterocycles. The normalized spacial score (nSPS) is 11.4. The number of thiazole rings is 1. The molecule has 0 radical (unpaired) electrons. The zero-order chi connectivity index (χ0) is 18.0. The van der Waals surface area contributed by atoms with Crippen LogP contribution in [0.4, 0.5) is 0 Å².